The van der Waals surface area contributed by atoms with Gasteiger partial charge in [-0.05, 0) is 65.8 Å². The lowest BCUT2D eigenvalue weighted by atomic mass is 10.1. The van der Waals surface area contributed by atoms with Gasteiger partial charge in [0, 0.05) is 25.4 Å². The van der Waals surface area contributed by atoms with Gasteiger partial charge in [-0.2, -0.15) is 11.3 Å². The molecular weight excluding hydrogens is 384 g/mol. The summed E-state index contributed by atoms with van der Waals surface area (Å²) in [5.74, 6) is 1.14. The first-order chi connectivity index (χ1) is 14.2. The van der Waals surface area contributed by atoms with Gasteiger partial charge in [0.2, 0.25) is 0 Å². The molecule has 0 spiro atoms. The molecule has 156 valence electrons. The van der Waals surface area contributed by atoms with Gasteiger partial charge in [0.1, 0.15) is 6.10 Å². The summed E-state index contributed by atoms with van der Waals surface area (Å²) in [6, 6.07) is 9.98. The fraction of sp³-hybridized carbons (Fsp3) is 0.455. The van der Waals surface area contributed by atoms with Crippen LogP contribution in [0.1, 0.15) is 43.7 Å². The van der Waals surface area contributed by atoms with E-state index in [2.05, 4.69) is 46.6 Å². The van der Waals surface area contributed by atoms with Gasteiger partial charge in [0.25, 0.3) is 5.91 Å². The minimum absolute atomic E-state index is 0.0689. The quantitative estimate of drug-likeness (QED) is 0.455. The fourth-order valence-electron chi connectivity index (χ4n) is 3.19. The molecule has 1 aliphatic heterocycles. The summed E-state index contributed by atoms with van der Waals surface area (Å²) in [6.07, 6.45) is 1.40. The fourth-order valence-corrected chi connectivity index (χ4v) is 3.97. The maximum absolute atomic E-state index is 12.2. The molecule has 29 heavy (non-hydrogen) atoms. The topological polar surface area (TPSA) is 74.8 Å². The van der Waals surface area contributed by atoms with Crippen LogP contribution < -0.4 is 16.0 Å². The summed E-state index contributed by atoms with van der Waals surface area (Å²) in [5, 5.41) is 14.0. The first-order valence-corrected chi connectivity index (χ1v) is 11.2. The van der Waals surface area contributed by atoms with E-state index in [-0.39, 0.29) is 12.0 Å². The largest absolute Gasteiger partial charge is 0.368 e. The number of rotatable bonds is 8. The van der Waals surface area contributed by atoms with Gasteiger partial charge in [-0.3, -0.25) is 4.79 Å². The molecule has 6 nitrogen and oxygen atoms in total. The average Bonchev–Trinajstić information content (AvgIpc) is 3.44. The van der Waals surface area contributed by atoms with Crippen LogP contribution in [0.2, 0.25) is 0 Å². The first-order valence-electron chi connectivity index (χ1n) is 10.2. The predicted molar refractivity (Wildman–Crippen MR) is 120 cm³/mol. The van der Waals surface area contributed by atoms with Crippen LogP contribution in [0.15, 0.2) is 46.1 Å². The number of benzene rings is 1. The lowest BCUT2D eigenvalue weighted by Crippen LogP contribution is -2.39. The number of carbonyl (C=O) groups excluding carboxylic acids is 1. The molecule has 2 atom stereocenters. The molecule has 3 rings (SSSR count). The molecule has 2 heterocycles. The molecule has 1 amide bonds. The van der Waals surface area contributed by atoms with E-state index in [1.54, 1.807) is 11.3 Å². The van der Waals surface area contributed by atoms with E-state index in [1.807, 2.05) is 24.3 Å². The summed E-state index contributed by atoms with van der Waals surface area (Å²) in [5.41, 5.74) is 3.16. The Hall–Kier alpha value is -2.38. The summed E-state index contributed by atoms with van der Waals surface area (Å²) in [7, 11) is 0. The lowest BCUT2D eigenvalue weighted by Gasteiger charge is -2.15. The Labute approximate surface area is 176 Å². The predicted octanol–water partition coefficient (Wildman–Crippen LogP) is 3.72. The van der Waals surface area contributed by atoms with Crippen molar-refractivity contribution in [1.29, 1.82) is 0 Å². The third-order valence-electron chi connectivity index (χ3n) is 4.87. The van der Waals surface area contributed by atoms with Crippen molar-refractivity contribution in [2.45, 2.75) is 45.3 Å². The van der Waals surface area contributed by atoms with Gasteiger partial charge in [0.15, 0.2) is 5.96 Å². The number of nitrogens with zero attached hydrogens (tertiary/aromatic N) is 1. The maximum atomic E-state index is 12.2. The minimum Gasteiger partial charge on any atom is -0.368 e. The molecule has 0 radical (unpaired) electrons. The van der Waals surface area contributed by atoms with Crippen LogP contribution in [0.5, 0.6) is 0 Å². The molecule has 2 aromatic rings. The number of ether oxygens (including phenoxy) is 1. The Morgan fingerprint density at radius 1 is 1.34 bits per heavy atom. The van der Waals surface area contributed by atoms with Crippen molar-refractivity contribution in [1.82, 2.24) is 10.6 Å². The van der Waals surface area contributed by atoms with Crippen LogP contribution in [0, 0.1) is 0 Å². The molecule has 3 N–H and O–H groups in total. The number of thiophene rings is 1. The number of anilines is 1. The van der Waals surface area contributed by atoms with E-state index in [4.69, 9.17) is 9.73 Å². The zero-order chi connectivity index (χ0) is 20.5. The minimum atomic E-state index is -0.327. The average molecular weight is 415 g/mol. The molecule has 7 heteroatoms. The van der Waals surface area contributed by atoms with E-state index in [0.717, 1.165) is 43.1 Å². The monoisotopic (exact) mass is 414 g/mol. The number of guanidine groups is 1. The Bertz CT molecular complexity index is 801. The molecule has 1 aromatic heterocycles. The van der Waals surface area contributed by atoms with Crippen molar-refractivity contribution >= 4 is 28.9 Å². The van der Waals surface area contributed by atoms with Crippen molar-refractivity contribution < 1.29 is 9.53 Å². The highest BCUT2D eigenvalue weighted by Gasteiger charge is 2.23. The molecule has 0 bridgehead atoms. The van der Waals surface area contributed by atoms with Crippen molar-refractivity contribution in [2.75, 3.05) is 25.0 Å². The second-order valence-corrected chi connectivity index (χ2v) is 8.01. The molecular formula is C22H30N4O2S. The number of hydrogen-bond donors (Lipinski definition) is 3. The normalized spacial score (nSPS) is 17.7. The van der Waals surface area contributed by atoms with Crippen LogP contribution >= 0.6 is 11.3 Å². The highest BCUT2D eigenvalue weighted by atomic mass is 32.1. The van der Waals surface area contributed by atoms with Gasteiger partial charge >= 0.3 is 0 Å². The van der Waals surface area contributed by atoms with Crippen molar-refractivity contribution in [3.05, 3.63) is 52.2 Å². The summed E-state index contributed by atoms with van der Waals surface area (Å²) in [6.45, 7) is 7.08. The van der Waals surface area contributed by atoms with E-state index in [9.17, 15) is 4.79 Å². The highest BCUT2D eigenvalue weighted by molar-refractivity contribution is 7.07. The van der Waals surface area contributed by atoms with Crippen LogP contribution in [0.3, 0.4) is 0 Å². The molecule has 1 aromatic carbocycles. The Balaban J connectivity index is 1.56. The van der Waals surface area contributed by atoms with Crippen LogP contribution in [0.25, 0.3) is 0 Å². The number of nitrogens with one attached hydrogen (secondary N) is 3. The zero-order valence-corrected chi connectivity index (χ0v) is 17.9. The molecule has 1 aliphatic rings. The van der Waals surface area contributed by atoms with Gasteiger partial charge < -0.3 is 20.7 Å². The second kappa shape index (κ2) is 11.0. The first kappa shape index (κ1) is 21.3. The lowest BCUT2D eigenvalue weighted by molar-refractivity contribution is -0.124. The van der Waals surface area contributed by atoms with Crippen LogP contribution in [-0.4, -0.2) is 37.7 Å². The number of hydrogen-bond acceptors (Lipinski definition) is 4. The molecule has 1 fully saturated rings. The Morgan fingerprint density at radius 2 is 2.24 bits per heavy atom. The maximum Gasteiger partial charge on any atom is 0.253 e. The number of carbonyl (C=O) groups is 1. The second-order valence-electron chi connectivity index (χ2n) is 7.23. The van der Waals surface area contributed by atoms with Crippen molar-refractivity contribution in [3.63, 3.8) is 0 Å². The Morgan fingerprint density at radius 3 is 2.97 bits per heavy atom. The summed E-state index contributed by atoms with van der Waals surface area (Å²) >= 11 is 1.72. The smallest absolute Gasteiger partial charge is 0.253 e. The third-order valence-corrected chi connectivity index (χ3v) is 5.57. The third kappa shape index (κ3) is 6.58. The SMILES string of the molecule is CCNC(=NCc1cccc(NC(=O)C2CCCO2)c1)NCC(C)c1ccsc1. The van der Waals surface area contributed by atoms with E-state index >= 15 is 0 Å². The highest BCUT2D eigenvalue weighted by Crippen LogP contribution is 2.18. The molecule has 1 saturated heterocycles. The van der Waals surface area contributed by atoms with E-state index in [0.29, 0.717) is 19.1 Å². The van der Waals surface area contributed by atoms with Gasteiger partial charge in [-0.15, -0.1) is 0 Å². The number of amides is 1. The summed E-state index contributed by atoms with van der Waals surface area (Å²) in [4.78, 5) is 16.9. The van der Waals surface area contributed by atoms with Gasteiger partial charge in [0.05, 0.1) is 6.54 Å². The number of aliphatic imine (C=N–C) groups is 1. The van der Waals surface area contributed by atoms with Crippen LogP contribution in [-0.2, 0) is 16.1 Å². The molecule has 0 aliphatic carbocycles. The zero-order valence-electron chi connectivity index (χ0n) is 17.1. The summed E-state index contributed by atoms with van der Waals surface area (Å²) < 4.78 is 5.45. The molecule has 2 unspecified atom stereocenters. The van der Waals surface area contributed by atoms with E-state index < -0.39 is 0 Å². The standard InChI is InChI=1S/C22H30N4O2S/c1-3-23-22(24-13-16(2)18-9-11-29-15-18)25-14-17-6-4-7-19(12-17)26-21(27)20-8-5-10-28-20/h4,6-7,9,11-12,15-16,20H,3,5,8,10,13-14H2,1-2H3,(H,26,27)(H2,23,24,25). The van der Waals surface area contributed by atoms with Gasteiger partial charge in [-0.25, -0.2) is 4.99 Å². The van der Waals surface area contributed by atoms with Crippen molar-refractivity contribution in [2.24, 2.45) is 4.99 Å². The van der Waals surface area contributed by atoms with E-state index in [1.165, 1.54) is 5.56 Å². The van der Waals surface area contributed by atoms with Gasteiger partial charge in [-0.1, -0.05) is 19.1 Å². The van der Waals surface area contributed by atoms with Crippen LogP contribution in [0.4, 0.5) is 5.69 Å². The molecule has 0 saturated carbocycles. The Kier molecular flexibility index (Phi) is 8.07. The van der Waals surface area contributed by atoms with Crippen molar-refractivity contribution in [3.8, 4) is 0 Å².